The summed E-state index contributed by atoms with van der Waals surface area (Å²) in [5, 5.41) is 2.44. The van der Waals surface area contributed by atoms with Crippen molar-refractivity contribution in [3.05, 3.63) is 64.7 Å². The molecule has 2 rings (SSSR count). The van der Waals surface area contributed by atoms with Crippen LogP contribution < -0.4 is 5.32 Å². The van der Waals surface area contributed by atoms with Gasteiger partial charge in [0.25, 0.3) is 5.91 Å². The summed E-state index contributed by atoms with van der Waals surface area (Å²) in [5.74, 6) is 2.08. The Morgan fingerprint density at radius 1 is 1.19 bits per heavy atom. The molecule has 0 spiro atoms. The number of esters is 1. The number of benzene rings is 2. The number of nitrogens with one attached hydrogen (secondary N) is 1. The first-order valence-electron chi connectivity index (χ1n) is 8.16. The highest BCUT2D eigenvalue weighted by atomic mass is 32.2. The monoisotopic (exact) mass is 367 g/mol. The van der Waals surface area contributed by atoms with Crippen LogP contribution >= 0.6 is 11.8 Å². The predicted molar refractivity (Wildman–Crippen MR) is 104 cm³/mol. The molecule has 0 atom stereocenters. The minimum atomic E-state index is -0.528. The van der Waals surface area contributed by atoms with E-state index in [4.69, 9.17) is 11.2 Å². The van der Waals surface area contributed by atoms with Crippen molar-refractivity contribution in [1.29, 1.82) is 0 Å². The Labute approximate surface area is 158 Å². The van der Waals surface area contributed by atoms with Gasteiger partial charge in [-0.25, -0.2) is 4.79 Å². The predicted octanol–water partition coefficient (Wildman–Crippen LogP) is 3.50. The zero-order valence-electron chi connectivity index (χ0n) is 14.9. The molecule has 4 nitrogen and oxygen atoms in total. The van der Waals surface area contributed by atoms with Gasteiger partial charge >= 0.3 is 5.97 Å². The molecule has 2 aromatic rings. The molecule has 0 aliphatic heterocycles. The summed E-state index contributed by atoms with van der Waals surface area (Å²) in [7, 11) is 0. The van der Waals surface area contributed by atoms with Crippen molar-refractivity contribution in [3.63, 3.8) is 0 Å². The minimum absolute atomic E-state index is 0.113. The summed E-state index contributed by atoms with van der Waals surface area (Å²) in [6.45, 7) is 3.93. The fourth-order valence-electron chi connectivity index (χ4n) is 2.33. The van der Waals surface area contributed by atoms with Crippen molar-refractivity contribution >= 4 is 23.6 Å². The van der Waals surface area contributed by atoms with Gasteiger partial charge in [0.05, 0.1) is 12.1 Å². The SMILES string of the molecule is C#CCNC(=O)COC(=O)c1cccc(CSc2ccc(C)cc2C)c1. The average Bonchev–Trinajstić information content (AvgIpc) is 2.64. The van der Waals surface area contributed by atoms with Crippen LogP contribution in [0.25, 0.3) is 0 Å². The third kappa shape index (κ3) is 5.98. The summed E-state index contributed by atoms with van der Waals surface area (Å²) in [6, 6.07) is 13.6. The summed E-state index contributed by atoms with van der Waals surface area (Å²) in [5.41, 5.74) is 3.92. The molecule has 1 amide bonds. The number of hydrogen-bond donors (Lipinski definition) is 1. The number of rotatable bonds is 7. The van der Waals surface area contributed by atoms with Gasteiger partial charge in [0, 0.05) is 10.6 Å². The molecule has 26 heavy (non-hydrogen) atoms. The van der Waals surface area contributed by atoms with E-state index >= 15 is 0 Å². The Hall–Kier alpha value is -2.71. The van der Waals surface area contributed by atoms with Gasteiger partial charge in [0.1, 0.15) is 0 Å². The minimum Gasteiger partial charge on any atom is -0.452 e. The normalized spacial score (nSPS) is 10.0. The van der Waals surface area contributed by atoms with Crippen LogP contribution in [0.3, 0.4) is 0 Å². The Balaban J connectivity index is 1.93. The quantitative estimate of drug-likeness (QED) is 0.462. The Bertz CT molecular complexity index is 839. The van der Waals surface area contributed by atoms with E-state index in [1.807, 2.05) is 12.1 Å². The molecule has 2 aromatic carbocycles. The first-order valence-corrected chi connectivity index (χ1v) is 9.14. The van der Waals surface area contributed by atoms with Crippen LogP contribution in [-0.4, -0.2) is 25.0 Å². The Kier molecular flexibility index (Phi) is 7.31. The van der Waals surface area contributed by atoms with Gasteiger partial charge in [-0.15, -0.1) is 18.2 Å². The number of carbonyl (C=O) groups is 2. The van der Waals surface area contributed by atoms with E-state index in [9.17, 15) is 9.59 Å². The van der Waals surface area contributed by atoms with E-state index in [1.165, 1.54) is 16.0 Å². The lowest BCUT2D eigenvalue weighted by Crippen LogP contribution is -2.29. The van der Waals surface area contributed by atoms with Crippen LogP contribution in [0.4, 0.5) is 0 Å². The maximum absolute atomic E-state index is 12.1. The lowest BCUT2D eigenvalue weighted by Gasteiger charge is -2.08. The smallest absolute Gasteiger partial charge is 0.338 e. The molecule has 0 saturated heterocycles. The third-order valence-electron chi connectivity index (χ3n) is 3.61. The van der Waals surface area contributed by atoms with Crippen LogP contribution in [0.5, 0.6) is 0 Å². The van der Waals surface area contributed by atoms with E-state index < -0.39 is 11.9 Å². The number of terminal acetylenes is 1. The molecule has 0 radical (unpaired) electrons. The van der Waals surface area contributed by atoms with Crippen LogP contribution in [0.2, 0.25) is 0 Å². The van der Waals surface area contributed by atoms with E-state index in [2.05, 4.69) is 43.3 Å². The molecular weight excluding hydrogens is 346 g/mol. The lowest BCUT2D eigenvalue weighted by atomic mass is 10.1. The van der Waals surface area contributed by atoms with Crippen LogP contribution in [0.1, 0.15) is 27.0 Å². The summed E-state index contributed by atoms with van der Waals surface area (Å²) in [4.78, 5) is 24.7. The number of aryl methyl sites for hydroxylation is 2. The summed E-state index contributed by atoms with van der Waals surface area (Å²) < 4.78 is 5.01. The van der Waals surface area contributed by atoms with Crippen LogP contribution in [0.15, 0.2) is 47.4 Å². The van der Waals surface area contributed by atoms with E-state index in [0.29, 0.717) is 5.56 Å². The molecule has 0 saturated carbocycles. The molecule has 134 valence electrons. The Morgan fingerprint density at radius 2 is 2.00 bits per heavy atom. The molecule has 0 aromatic heterocycles. The second-order valence-corrected chi connectivity index (χ2v) is 6.83. The number of thioether (sulfide) groups is 1. The van der Waals surface area contributed by atoms with Crippen molar-refractivity contribution in [3.8, 4) is 12.3 Å². The van der Waals surface area contributed by atoms with Gasteiger partial charge in [-0.05, 0) is 43.2 Å². The highest BCUT2D eigenvalue weighted by Gasteiger charge is 2.11. The maximum Gasteiger partial charge on any atom is 0.338 e. The average molecular weight is 367 g/mol. The van der Waals surface area contributed by atoms with Crippen molar-refractivity contribution in [1.82, 2.24) is 5.32 Å². The first-order chi connectivity index (χ1) is 12.5. The molecule has 0 aliphatic rings. The van der Waals surface area contributed by atoms with Gasteiger partial charge < -0.3 is 10.1 Å². The summed E-state index contributed by atoms with van der Waals surface area (Å²) in [6.07, 6.45) is 5.05. The largest absolute Gasteiger partial charge is 0.452 e. The van der Waals surface area contributed by atoms with E-state index in [1.54, 1.807) is 23.9 Å². The van der Waals surface area contributed by atoms with Gasteiger partial charge in [-0.3, -0.25) is 4.79 Å². The standard InChI is InChI=1S/C21H21NO3S/c1-4-10-22-20(23)13-25-21(24)18-7-5-6-17(12-18)14-26-19-9-8-15(2)11-16(19)3/h1,5-9,11-12H,10,13-14H2,2-3H3,(H,22,23). The topological polar surface area (TPSA) is 55.4 Å². The molecule has 5 heteroatoms. The maximum atomic E-state index is 12.1. The fourth-order valence-corrected chi connectivity index (χ4v) is 3.28. The third-order valence-corrected chi connectivity index (χ3v) is 4.86. The zero-order chi connectivity index (χ0) is 18.9. The van der Waals surface area contributed by atoms with Crippen LogP contribution in [0, 0.1) is 26.2 Å². The molecule has 0 heterocycles. The second-order valence-electron chi connectivity index (χ2n) is 5.81. The number of hydrogen-bond acceptors (Lipinski definition) is 4. The molecule has 0 bridgehead atoms. The number of ether oxygens (including phenoxy) is 1. The van der Waals surface area contributed by atoms with Crippen molar-refractivity contribution < 1.29 is 14.3 Å². The fraction of sp³-hybridized carbons (Fsp3) is 0.238. The first kappa shape index (κ1) is 19.6. The van der Waals surface area contributed by atoms with Crippen molar-refractivity contribution in [2.75, 3.05) is 13.2 Å². The molecule has 0 aliphatic carbocycles. The second kappa shape index (κ2) is 9.69. The number of amides is 1. The Morgan fingerprint density at radius 3 is 2.73 bits per heavy atom. The van der Waals surface area contributed by atoms with Crippen molar-refractivity contribution in [2.45, 2.75) is 24.5 Å². The van der Waals surface area contributed by atoms with Crippen molar-refractivity contribution in [2.24, 2.45) is 0 Å². The highest BCUT2D eigenvalue weighted by Crippen LogP contribution is 2.27. The van der Waals surface area contributed by atoms with E-state index in [0.717, 1.165) is 11.3 Å². The van der Waals surface area contributed by atoms with Gasteiger partial charge in [-0.1, -0.05) is 35.7 Å². The lowest BCUT2D eigenvalue weighted by molar-refractivity contribution is -0.123. The molecule has 0 unspecified atom stereocenters. The highest BCUT2D eigenvalue weighted by molar-refractivity contribution is 7.98. The van der Waals surface area contributed by atoms with Gasteiger partial charge in [0.15, 0.2) is 6.61 Å². The zero-order valence-corrected chi connectivity index (χ0v) is 15.7. The van der Waals surface area contributed by atoms with Gasteiger partial charge in [0.2, 0.25) is 0 Å². The van der Waals surface area contributed by atoms with Gasteiger partial charge in [-0.2, -0.15) is 0 Å². The number of carbonyl (C=O) groups excluding carboxylic acids is 2. The molecular formula is C21H21NO3S. The van der Waals surface area contributed by atoms with Crippen LogP contribution in [-0.2, 0) is 15.3 Å². The molecule has 0 fully saturated rings. The molecule has 1 N–H and O–H groups in total. The summed E-state index contributed by atoms with van der Waals surface area (Å²) >= 11 is 1.72. The van der Waals surface area contributed by atoms with E-state index in [-0.39, 0.29) is 13.2 Å².